The lowest BCUT2D eigenvalue weighted by Gasteiger charge is -2.03. The zero-order valence-corrected chi connectivity index (χ0v) is 10.1. The molecule has 1 aromatic carbocycles. The minimum Gasteiger partial charge on any atom is -0.507 e. The van der Waals surface area contributed by atoms with E-state index in [-0.39, 0.29) is 23.6 Å². The van der Waals surface area contributed by atoms with Gasteiger partial charge in [0.05, 0.1) is 12.2 Å². The number of hydrogen-bond acceptors (Lipinski definition) is 5. The molecule has 0 aliphatic carbocycles. The molecule has 0 aliphatic rings. The lowest BCUT2D eigenvalue weighted by molar-refractivity contribution is -0.135. The predicted molar refractivity (Wildman–Crippen MR) is 65.3 cm³/mol. The van der Waals surface area contributed by atoms with Crippen LogP contribution in [-0.4, -0.2) is 29.3 Å². The van der Waals surface area contributed by atoms with Crippen LogP contribution in [0.2, 0.25) is 0 Å². The molecule has 1 rings (SSSR count). The van der Waals surface area contributed by atoms with Crippen LogP contribution in [-0.2, 0) is 9.53 Å². The molecule has 0 saturated carbocycles. The zero-order chi connectivity index (χ0) is 13.5. The molecule has 1 aromatic rings. The third kappa shape index (κ3) is 3.58. The average molecular weight is 250 g/mol. The first kappa shape index (κ1) is 13.7. The number of esters is 1. The van der Waals surface area contributed by atoms with Crippen LogP contribution in [0.1, 0.15) is 24.2 Å². The van der Waals surface area contributed by atoms with Gasteiger partial charge in [0.15, 0.2) is 0 Å². The van der Waals surface area contributed by atoms with Gasteiger partial charge in [-0.1, -0.05) is 12.1 Å². The summed E-state index contributed by atoms with van der Waals surface area (Å²) < 4.78 is 4.69. The maximum absolute atomic E-state index is 11.6. The molecule has 0 radical (unpaired) electrons. The molecule has 1 amide bonds. The Hall–Kier alpha value is -2.37. The van der Waals surface area contributed by atoms with Crippen molar-refractivity contribution in [1.82, 2.24) is 5.43 Å². The number of nitrogens with one attached hydrogen (secondary N) is 1. The van der Waals surface area contributed by atoms with Crippen LogP contribution in [0.3, 0.4) is 0 Å². The summed E-state index contributed by atoms with van der Waals surface area (Å²) in [7, 11) is 0. The largest absolute Gasteiger partial charge is 0.507 e. The highest BCUT2D eigenvalue weighted by Crippen LogP contribution is 2.14. The van der Waals surface area contributed by atoms with Crippen LogP contribution in [0, 0.1) is 0 Å². The molecule has 18 heavy (non-hydrogen) atoms. The zero-order valence-electron chi connectivity index (χ0n) is 10.1. The summed E-state index contributed by atoms with van der Waals surface area (Å²) in [6, 6.07) is 6.03. The molecule has 0 spiro atoms. The maximum Gasteiger partial charge on any atom is 0.354 e. The Kier molecular flexibility index (Phi) is 4.86. The minimum absolute atomic E-state index is 0.0284. The lowest BCUT2D eigenvalue weighted by atomic mass is 10.2. The van der Waals surface area contributed by atoms with Gasteiger partial charge in [-0.25, -0.2) is 10.2 Å². The number of amides is 1. The normalized spacial score (nSPS) is 10.9. The molecule has 6 heteroatoms. The van der Waals surface area contributed by atoms with Crippen molar-refractivity contribution < 1.29 is 19.4 Å². The SMILES string of the molecule is CCOC(=O)/C(C)=N/NC(=O)c1ccccc1O. The Morgan fingerprint density at radius 3 is 2.67 bits per heavy atom. The Bertz CT molecular complexity index is 483. The van der Waals surface area contributed by atoms with Gasteiger partial charge in [0.1, 0.15) is 11.5 Å². The highest BCUT2D eigenvalue weighted by molar-refractivity contribution is 6.35. The summed E-state index contributed by atoms with van der Waals surface area (Å²) in [5.41, 5.74) is 2.28. The van der Waals surface area contributed by atoms with Crippen LogP contribution < -0.4 is 5.43 Å². The molecule has 0 fully saturated rings. The third-order valence-electron chi connectivity index (χ3n) is 2.04. The van der Waals surface area contributed by atoms with E-state index >= 15 is 0 Å². The first-order valence-electron chi connectivity index (χ1n) is 5.36. The number of para-hydroxylation sites is 1. The first-order valence-corrected chi connectivity index (χ1v) is 5.36. The van der Waals surface area contributed by atoms with Gasteiger partial charge < -0.3 is 9.84 Å². The molecule has 96 valence electrons. The van der Waals surface area contributed by atoms with Crippen LogP contribution in [0.15, 0.2) is 29.4 Å². The molecule has 0 bridgehead atoms. The van der Waals surface area contributed by atoms with Gasteiger partial charge >= 0.3 is 5.97 Å². The molecule has 0 heterocycles. The van der Waals surface area contributed by atoms with Crippen LogP contribution in [0.5, 0.6) is 5.75 Å². The van der Waals surface area contributed by atoms with Crippen molar-refractivity contribution in [3.63, 3.8) is 0 Å². The molecule has 2 N–H and O–H groups in total. The number of hydrazone groups is 1. The molecule has 0 saturated heterocycles. The van der Waals surface area contributed by atoms with Crippen molar-refractivity contribution >= 4 is 17.6 Å². The number of rotatable bonds is 4. The van der Waals surface area contributed by atoms with Crippen molar-refractivity contribution in [2.24, 2.45) is 5.10 Å². The Labute approximate surface area is 104 Å². The van der Waals surface area contributed by atoms with E-state index in [2.05, 4.69) is 10.5 Å². The Balaban J connectivity index is 2.69. The van der Waals surface area contributed by atoms with E-state index in [1.807, 2.05) is 0 Å². The monoisotopic (exact) mass is 250 g/mol. The highest BCUT2D eigenvalue weighted by Gasteiger charge is 2.11. The van der Waals surface area contributed by atoms with Gasteiger partial charge in [0.25, 0.3) is 5.91 Å². The molecule has 0 atom stereocenters. The Morgan fingerprint density at radius 2 is 2.06 bits per heavy atom. The fraction of sp³-hybridized carbons (Fsp3) is 0.250. The van der Waals surface area contributed by atoms with Crippen LogP contribution in [0.4, 0.5) is 0 Å². The van der Waals surface area contributed by atoms with Crippen LogP contribution in [0.25, 0.3) is 0 Å². The van der Waals surface area contributed by atoms with E-state index in [1.165, 1.54) is 19.1 Å². The predicted octanol–water partition coefficient (Wildman–Crippen LogP) is 1.06. The first-order chi connectivity index (χ1) is 8.56. The number of phenols is 1. The summed E-state index contributed by atoms with van der Waals surface area (Å²) in [5, 5.41) is 13.0. The number of benzene rings is 1. The molecular weight excluding hydrogens is 236 g/mol. The fourth-order valence-electron chi connectivity index (χ4n) is 1.14. The van der Waals surface area contributed by atoms with E-state index in [0.717, 1.165) is 0 Å². The van der Waals surface area contributed by atoms with E-state index in [9.17, 15) is 14.7 Å². The summed E-state index contributed by atoms with van der Waals surface area (Å²) in [5.74, 6) is -1.36. The maximum atomic E-state index is 11.6. The second-order valence-corrected chi connectivity index (χ2v) is 3.38. The van der Waals surface area contributed by atoms with Crippen molar-refractivity contribution in [3.05, 3.63) is 29.8 Å². The molecular formula is C12H14N2O4. The van der Waals surface area contributed by atoms with Gasteiger partial charge in [-0.3, -0.25) is 4.79 Å². The topological polar surface area (TPSA) is 88.0 Å². The quantitative estimate of drug-likeness (QED) is 0.475. The number of nitrogens with zero attached hydrogens (tertiary/aromatic N) is 1. The van der Waals surface area contributed by atoms with Gasteiger partial charge in [0, 0.05) is 0 Å². The van der Waals surface area contributed by atoms with Gasteiger partial charge in [0.2, 0.25) is 0 Å². The van der Waals surface area contributed by atoms with Gasteiger partial charge in [-0.15, -0.1) is 0 Å². The summed E-state index contributed by atoms with van der Waals surface area (Å²) in [6.07, 6.45) is 0. The van der Waals surface area contributed by atoms with Crippen molar-refractivity contribution in [2.45, 2.75) is 13.8 Å². The standard InChI is InChI=1S/C12H14N2O4/c1-3-18-12(17)8(2)13-14-11(16)9-6-4-5-7-10(9)15/h4-7,15H,3H2,1-2H3,(H,14,16)/b13-8+. The van der Waals surface area contributed by atoms with Crippen molar-refractivity contribution in [3.8, 4) is 5.75 Å². The van der Waals surface area contributed by atoms with E-state index in [0.29, 0.717) is 0 Å². The molecule has 6 nitrogen and oxygen atoms in total. The number of hydrogen-bond donors (Lipinski definition) is 2. The fourth-order valence-corrected chi connectivity index (χ4v) is 1.14. The second kappa shape index (κ2) is 6.39. The molecule has 0 aromatic heterocycles. The summed E-state index contributed by atoms with van der Waals surface area (Å²) in [4.78, 5) is 22.8. The lowest BCUT2D eigenvalue weighted by Crippen LogP contribution is -2.23. The van der Waals surface area contributed by atoms with Crippen molar-refractivity contribution in [2.75, 3.05) is 6.61 Å². The van der Waals surface area contributed by atoms with Crippen LogP contribution >= 0.6 is 0 Å². The minimum atomic E-state index is -0.602. The molecule has 0 aliphatic heterocycles. The van der Waals surface area contributed by atoms with Gasteiger partial charge in [-0.2, -0.15) is 5.10 Å². The smallest absolute Gasteiger partial charge is 0.354 e. The number of ether oxygens (including phenoxy) is 1. The number of phenolic OH excluding ortho intramolecular Hbond substituents is 1. The number of aromatic hydroxyl groups is 1. The highest BCUT2D eigenvalue weighted by atomic mass is 16.5. The number of carbonyl (C=O) groups excluding carboxylic acids is 2. The summed E-state index contributed by atoms with van der Waals surface area (Å²) in [6.45, 7) is 3.33. The third-order valence-corrected chi connectivity index (χ3v) is 2.04. The van der Waals surface area contributed by atoms with Gasteiger partial charge in [-0.05, 0) is 26.0 Å². The summed E-state index contributed by atoms with van der Waals surface area (Å²) >= 11 is 0. The van der Waals surface area contributed by atoms with E-state index in [4.69, 9.17) is 4.74 Å². The molecule has 0 unspecified atom stereocenters. The average Bonchev–Trinajstić information content (AvgIpc) is 2.36. The van der Waals surface area contributed by atoms with E-state index in [1.54, 1.807) is 19.1 Å². The number of carbonyl (C=O) groups is 2. The van der Waals surface area contributed by atoms with E-state index < -0.39 is 11.9 Å². The second-order valence-electron chi connectivity index (χ2n) is 3.38. The Morgan fingerprint density at radius 1 is 1.39 bits per heavy atom. The van der Waals surface area contributed by atoms with Crippen molar-refractivity contribution in [1.29, 1.82) is 0 Å².